The van der Waals surface area contributed by atoms with E-state index in [1.165, 1.54) is 58.2 Å². The van der Waals surface area contributed by atoms with Crippen LogP contribution >= 0.6 is 0 Å². The summed E-state index contributed by atoms with van der Waals surface area (Å²) in [6.45, 7) is 8.91. The van der Waals surface area contributed by atoms with Gasteiger partial charge in [0.15, 0.2) is 0 Å². The fourth-order valence-corrected chi connectivity index (χ4v) is 3.50. The highest BCUT2D eigenvalue weighted by Crippen LogP contribution is 2.29. The van der Waals surface area contributed by atoms with Crippen LogP contribution in [0.3, 0.4) is 0 Å². The van der Waals surface area contributed by atoms with E-state index in [9.17, 15) is 0 Å². The molecule has 0 aromatic heterocycles. The molecule has 1 aliphatic heterocycles. The highest BCUT2D eigenvalue weighted by molar-refractivity contribution is 4.79. The second kappa shape index (κ2) is 5.34. The van der Waals surface area contributed by atoms with Gasteiger partial charge in [0.05, 0.1) is 0 Å². The van der Waals surface area contributed by atoms with E-state index < -0.39 is 0 Å². The molecule has 1 saturated heterocycles. The Bertz CT molecular complexity index is 182. The van der Waals surface area contributed by atoms with Gasteiger partial charge in [-0.1, -0.05) is 26.7 Å². The Labute approximate surface area is 95.2 Å². The Kier molecular flexibility index (Phi) is 4.07. The van der Waals surface area contributed by atoms with Gasteiger partial charge in [0.25, 0.3) is 0 Å². The Morgan fingerprint density at radius 2 is 1.80 bits per heavy atom. The molecule has 1 heterocycles. The minimum absolute atomic E-state index is 0.890. The number of nitrogens with zero attached hydrogens (tertiary/aromatic N) is 1. The van der Waals surface area contributed by atoms with Crippen LogP contribution in [-0.4, -0.2) is 24.5 Å². The molecular formula is C14H27N. The van der Waals surface area contributed by atoms with E-state index in [0.717, 1.165) is 17.8 Å². The average molecular weight is 209 g/mol. The van der Waals surface area contributed by atoms with Crippen LogP contribution in [0, 0.1) is 17.8 Å². The summed E-state index contributed by atoms with van der Waals surface area (Å²) in [4.78, 5) is 2.74. The monoisotopic (exact) mass is 209 g/mol. The van der Waals surface area contributed by atoms with Gasteiger partial charge in [0.1, 0.15) is 0 Å². The Morgan fingerprint density at radius 1 is 1.07 bits per heavy atom. The maximum atomic E-state index is 2.74. The summed E-state index contributed by atoms with van der Waals surface area (Å²) >= 11 is 0. The maximum Gasteiger partial charge on any atom is 0.00103 e. The molecule has 0 spiro atoms. The molecule has 0 bridgehead atoms. The lowest BCUT2D eigenvalue weighted by molar-refractivity contribution is 0.264. The maximum absolute atomic E-state index is 2.74. The predicted molar refractivity (Wildman–Crippen MR) is 66.0 cm³/mol. The third-order valence-corrected chi connectivity index (χ3v) is 4.17. The van der Waals surface area contributed by atoms with Crippen molar-refractivity contribution >= 4 is 0 Å². The summed E-state index contributed by atoms with van der Waals surface area (Å²) in [6, 6.07) is 0. The van der Waals surface area contributed by atoms with Crippen molar-refractivity contribution in [3.63, 3.8) is 0 Å². The van der Waals surface area contributed by atoms with Crippen LogP contribution in [0.4, 0.5) is 0 Å². The first-order chi connectivity index (χ1) is 7.24. The second-order valence-corrected chi connectivity index (χ2v) is 6.19. The predicted octanol–water partition coefficient (Wildman–Crippen LogP) is 3.54. The van der Waals surface area contributed by atoms with Gasteiger partial charge in [0.2, 0.25) is 0 Å². The highest BCUT2D eigenvalue weighted by atomic mass is 15.1. The Hall–Kier alpha value is -0.0400. The lowest BCUT2D eigenvalue weighted by Crippen LogP contribution is -2.26. The molecule has 1 heteroatoms. The van der Waals surface area contributed by atoms with Crippen molar-refractivity contribution in [3.8, 4) is 0 Å². The van der Waals surface area contributed by atoms with E-state index >= 15 is 0 Å². The molecule has 1 unspecified atom stereocenters. The molecule has 2 rings (SSSR count). The minimum atomic E-state index is 0.890. The first-order valence-corrected chi connectivity index (χ1v) is 6.96. The van der Waals surface area contributed by atoms with Crippen molar-refractivity contribution in [3.05, 3.63) is 0 Å². The molecule has 15 heavy (non-hydrogen) atoms. The standard InChI is InChI=1S/C14H27N/c1-12(2)9-14-7-8-15(11-14)10-13-5-3-4-6-13/h12-14H,3-11H2,1-2H3. The second-order valence-electron chi connectivity index (χ2n) is 6.19. The van der Waals surface area contributed by atoms with Gasteiger partial charge >= 0.3 is 0 Å². The molecular weight excluding hydrogens is 182 g/mol. The molecule has 2 aliphatic rings. The highest BCUT2D eigenvalue weighted by Gasteiger charge is 2.26. The Balaban J connectivity index is 1.67. The van der Waals surface area contributed by atoms with Crippen molar-refractivity contribution in [2.24, 2.45) is 17.8 Å². The normalized spacial score (nSPS) is 29.4. The van der Waals surface area contributed by atoms with Crippen LogP contribution in [0.15, 0.2) is 0 Å². The van der Waals surface area contributed by atoms with Gasteiger partial charge in [-0.3, -0.25) is 0 Å². The summed E-state index contributed by atoms with van der Waals surface area (Å²) < 4.78 is 0. The Morgan fingerprint density at radius 3 is 2.47 bits per heavy atom. The third kappa shape index (κ3) is 3.48. The van der Waals surface area contributed by atoms with Crippen LogP contribution in [0.25, 0.3) is 0 Å². The van der Waals surface area contributed by atoms with E-state index in [1.54, 1.807) is 0 Å². The number of hydrogen-bond acceptors (Lipinski definition) is 1. The van der Waals surface area contributed by atoms with Crippen molar-refractivity contribution in [1.82, 2.24) is 4.90 Å². The van der Waals surface area contributed by atoms with Gasteiger partial charge in [-0.15, -0.1) is 0 Å². The first-order valence-electron chi connectivity index (χ1n) is 6.96. The van der Waals surface area contributed by atoms with Crippen molar-refractivity contribution in [2.75, 3.05) is 19.6 Å². The van der Waals surface area contributed by atoms with Crippen molar-refractivity contribution in [1.29, 1.82) is 0 Å². The number of likely N-dealkylation sites (tertiary alicyclic amines) is 1. The molecule has 0 radical (unpaired) electrons. The minimum Gasteiger partial charge on any atom is -0.303 e. The van der Waals surface area contributed by atoms with Crippen LogP contribution in [0.2, 0.25) is 0 Å². The van der Waals surface area contributed by atoms with Gasteiger partial charge in [-0.2, -0.15) is 0 Å². The smallest absolute Gasteiger partial charge is 0.00103 e. The van der Waals surface area contributed by atoms with Crippen LogP contribution in [-0.2, 0) is 0 Å². The van der Waals surface area contributed by atoms with E-state index in [2.05, 4.69) is 18.7 Å². The summed E-state index contributed by atoms with van der Waals surface area (Å²) in [7, 11) is 0. The first kappa shape index (κ1) is 11.4. The molecule has 1 atom stereocenters. The summed E-state index contributed by atoms with van der Waals surface area (Å²) in [5, 5.41) is 0. The van der Waals surface area contributed by atoms with E-state index in [0.29, 0.717) is 0 Å². The average Bonchev–Trinajstić information content (AvgIpc) is 2.77. The fourth-order valence-electron chi connectivity index (χ4n) is 3.50. The molecule has 1 nitrogen and oxygen atoms in total. The summed E-state index contributed by atoms with van der Waals surface area (Å²) in [5.41, 5.74) is 0. The van der Waals surface area contributed by atoms with Crippen molar-refractivity contribution in [2.45, 2.75) is 52.4 Å². The zero-order valence-electron chi connectivity index (χ0n) is 10.5. The quantitative estimate of drug-likeness (QED) is 0.684. The summed E-state index contributed by atoms with van der Waals surface area (Å²) in [6.07, 6.45) is 8.91. The van der Waals surface area contributed by atoms with Crippen LogP contribution in [0.1, 0.15) is 52.4 Å². The largest absolute Gasteiger partial charge is 0.303 e. The zero-order valence-corrected chi connectivity index (χ0v) is 10.5. The van der Waals surface area contributed by atoms with E-state index in [4.69, 9.17) is 0 Å². The zero-order chi connectivity index (χ0) is 10.7. The topological polar surface area (TPSA) is 3.24 Å². The molecule has 0 aromatic carbocycles. The number of rotatable bonds is 4. The summed E-state index contributed by atoms with van der Waals surface area (Å²) in [5.74, 6) is 2.94. The molecule has 2 fully saturated rings. The molecule has 1 aliphatic carbocycles. The van der Waals surface area contributed by atoms with Gasteiger partial charge in [-0.05, 0) is 50.0 Å². The van der Waals surface area contributed by atoms with Crippen LogP contribution < -0.4 is 0 Å². The molecule has 0 aromatic rings. The molecule has 88 valence electrons. The van der Waals surface area contributed by atoms with Gasteiger partial charge < -0.3 is 4.90 Å². The fraction of sp³-hybridized carbons (Fsp3) is 1.00. The van der Waals surface area contributed by atoms with Gasteiger partial charge in [-0.25, -0.2) is 0 Å². The van der Waals surface area contributed by atoms with Crippen LogP contribution in [0.5, 0.6) is 0 Å². The third-order valence-electron chi connectivity index (χ3n) is 4.17. The SMILES string of the molecule is CC(C)CC1CCN(CC2CCCC2)C1. The molecule has 1 saturated carbocycles. The molecule has 0 amide bonds. The van der Waals surface area contributed by atoms with Crippen molar-refractivity contribution < 1.29 is 0 Å². The number of hydrogen-bond donors (Lipinski definition) is 0. The lowest BCUT2D eigenvalue weighted by atomic mass is 9.97. The van der Waals surface area contributed by atoms with E-state index in [1.807, 2.05) is 0 Å². The lowest BCUT2D eigenvalue weighted by Gasteiger charge is -2.20. The van der Waals surface area contributed by atoms with Gasteiger partial charge in [0, 0.05) is 13.1 Å². The van der Waals surface area contributed by atoms with E-state index in [-0.39, 0.29) is 0 Å². The molecule has 0 N–H and O–H groups in total.